The zero-order valence-electron chi connectivity index (χ0n) is 13.2. The second-order valence-corrected chi connectivity index (χ2v) is 4.99. The molecule has 3 rings (SSSR count). The van der Waals surface area contributed by atoms with Gasteiger partial charge in [-0.3, -0.25) is 14.2 Å². The van der Waals surface area contributed by atoms with Gasteiger partial charge in [0.2, 0.25) is 5.95 Å². The second kappa shape index (κ2) is 6.49. The quantitative estimate of drug-likeness (QED) is 0.538. The molecular formula is C17H15N3O4. The van der Waals surface area contributed by atoms with Crippen molar-refractivity contribution in [2.45, 2.75) is 5.92 Å². The molecular weight excluding hydrogens is 310 g/mol. The van der Waals surface area contributed by atoms with Crippen LogP contribution in [0.2, 0.25) is 0 Å². The molecule has 0 aliphatic carbocycles. The molecule has 3 aromatic rings. The molecule has 0 spiro atoms. The van der Waals surface area contributed by atoms with Gasteiger partial charge in [-0.15, -0.1) is 0 Å². The third kappa shape index (κ3) is 2.60. The normalized spacial score (nSPS) is 10.8. The second-order valence-electron chi connectivity index (χ2n) is 4.99. The molecule has 0 N–H and O–H groups in total. The molecule has 0 saturated heterocycles. The van der Waals surface area contributed by atoms with Crippen LogP contribution in [-0.2, 0) is 19.1 Å². The summed E-state index contributed by atoms with van der Waals surface area (Å²) < 4.78 is 11.2. The Bertz CT molecular complexity index is 873. The number of rotatable bonds is 4. The lowest BCUT2D eigenvalue weighted by molar-refractivity contribution is -0.154. The van der Waals surface area contributed by atoms with Crippen molar-refractivity contribution in [1.82, 2.24) is 14.5 Å². The zero-order chi connectivity index (χ0) is 17.1. The van der Waals surface area contributed by atoms with Crippen LogP contribution in [-0.4, -0.2) is 40.7 Å². The van der Waals surface area contributed by atoms with Gasteiger partial charge in [0.15, 0.2) is 5.92 Å². The van der Waals surface area contributed by atoms with Crippen molar-refractivity contribution in [3.63, 3.8) is 0 Å². The van der Waals surface area contributed by atoms with E-state index in [1.165, 1.54) is 14.2 Å². The van der Waals surface area contributed by atoms with E-state index in [2.05, 4.69) is 9.97 Å². The monoisotopic (exact) mass is 325 g/mol. The van der Waals surface area contributed by atoms with Crippen LogP contribution in [0.1, 0.15) is 11.6 Å². The molecule has 7 nitrogen and oxygen atoms in total. The Morgan fingerprint density at radius 2 is 1.62 bits per heavy atom. The first-order valence-electron chi connectivity index (χ1n) is 7.20. The third-order valence-electron chi connectivity index (χ3n) is 3.66. The smallest absolute Gasteiger partial charge is 0.326 e. The number of esters is 2. The number of nitrogens with zero attached hydrogens (tertiary/aromatic N) is 3. The SMILES string of the molecule is COC(=O)C(C(=O)OC)c1cc2ccccc2n1-c1ncccn1. The summed E-state index contributed by atoms with van der Waals surface area (Å²) in [5.74, 6) is -2.29. The molecule has 0 amide bonds. The number of carbonyl (C=O) groups excluding carboxylic acids is 2. The minimum Gasteiger partial charge on any atom is -0.468 e. The van der Waals surface area contributed by atoms with Crippen LogP contribution in [0, 0.1) is 0 Å². The Balaban J connectivity index is 2.30. The highest BCUT2D eigenvalue weighted by Gasteiger charge is 2.34. The maximum atomic E-state index is 12.2. The predicted octanol–water partition coefficient (Wildman–Crippen LogP) is 1.85. The first kappa shape index (κ1) is 15.7. The van der Waals surface area contributed by atoms with Crippen LogP contribution in [0.15, 0.2) is 48.8 Å². The highest BCUT2D eigenvalue weighted by molar-refractivity contribution is 6.02. The van der Waals surface area contributed by atoms with E-state index in [9.17, 15) is 9.59 Å². The van der Waals surface area contributed by atoms with Gasteiger partial charge in [-0.1, -0.05) is 18.2 Å². The van der Waals surface area contributed by atoms with E-state index >= 15 is 0 Å². The molecule has 2 aromatic heterocycles. The van der Waals surface area contributed by atoms with E-state index in [0.717, 1.165) is 10.9 Å². The number of hydrogen-bond acceptors (Lipinski definition) is 6. The molecule has 0 unspecified atom stereocenters. The Morgan fingerprint density at radius 3 is 2.25 bits per heavy atom. The van der Waals surface area contributed by atoms with Gasteiger partial charge in [-0.2, -0.15) is 0 Å². The van der Waals surface area contributed by atoms with Crippen LogP contribution >= 0.6 is 0 Å². The molecule has 0 aliphatic heterocycles. The van der Waals surface area contributed by atoms with Crippen molar-refractivity contribution in [2.75, 3.05) is 14.2 Å². The molecule has 7 heteroatoms. The van der Waals surface area contributed by atoms with Crippen molar-refractivity contribution in [1.29, 1.82) is 0 Å². The molecule has 0 radical (unpaired) electrons. The van der Waals surface area contributed by atoms with E-state index in [-0.39, 0.29) is 0 Å². The van der Waals surface area contributed by atoms with Crippen LogP contribution in [0.3, 0.4) is 0 Å². The number of ether oxygens (including phenoxy) is 2. The van der Waals surface area contributed by atoms with Crippen molar-refractivity contribution < 1.29 is 19.1 Å². The fourth-order valence-corrected chi connectivity index (χ4v) is 2.59. The number of fused-ring (bicyclic) bond motifs is 1. The Hall–Kier alpha value is -3.22. The largest absolute Gasteiger partial charge is 0.468 e. The van der Waals surface area contributed by atoms with Crippen molar-refractivity contribution in [3.05, 3.63) is 54.5 Å². The van der Waals surface area contributed by atoms with Gasteiger partial charge in [0.1, 0.15) is 0 Å². The van der Waals surface area contributed by atoms with Crippen LogP contribution in [0.5, 0.6) is 0 Å². The Labute approximate surface area is 137 Å². The highest BCUT2D eigenvalue weighted by atomic mass is 16.5. The summed E-state index contributed by atoms with van der Waals surface area (Å²) in [6.45, 7) is 0. The van der Waals surface area contributed by atoms with Crippen molar-refractivity contribution in [2.24, 2.45) is 0 Å². The first-order chi connectivity index (χ1) is 11.7. The highest BCUT2D eigenvalue weighted by Crippen LogP contribution is 2.29. The van der Waals surface area contributed by atoms with Gasteiger partial charge < -0.3 is 9.47 Å². The summed E-state index contributed by atoms with van der Waals surface area (Å²) in [6, 6.07) is 10.9. The molecule has 0 saturated carbocycles. The minimum absolute atomic E-state index is 0.353. The molecule has 24 heavy (non-hydrogen) atoms. The lowest BCUT2D eigenvalue weighted by atomic mass is 10.1. The van der Waals surface area contributed by atoms with Crippen molar-refractivity contribution >= 4 is 22.8 Å². The van der Waals surface area contributed by atoms with Gasteiger partial charge in [0.25, 0.3) is 0 Å². The van der Waals surface area contributed by atoms with E-state index < -0.39 is 17.9 Å². The standard InChI is InChI=1S/C17H15N3O4/c1-23-15(21)14(16(22)24-2)13-10-11-6-3-4-7-12(11)20(13)17-18-8-5-9-19-17/h3-10,14H,1-2H3. The Kier molecular flexibility index (Phi) is 4.24. The summed E-state index contributed by atoms with van der Waals surface area (Å²) in [6.07, 6.45) is 3.18. The first-order valence-corrected chi connectivity index (χ1v) is 7.20. The topological polar surface area (TPSA) is 83.3 Å². The third-order valence-corrected chi connectivity index (χ3v) is 3.66. The van der Waals surface area contributed by atoms with E-state index in [1.807, 2.05) is 24.3 Å². The molecule has 0 bridgehead atoms. The summed E-state index contributed by atoms with van der Waals surface area (Å²) in [4.78, 5) is 32.9. The number of methoxy groups -OCH3 is 2. The summed E-state index contributed by atoms with van der Waals surface area (Å²) in [5.41, 5.74) is 1.16. The fourth-order valence-electron chi connectivity index (χ4n) is 2.59. The molecule has 122 valence electrons. The number of benzene rings is 1. The molecule has 0 aliphatic rings. The maximum absolute atomic E-state index is 12.2. The maximum Gasteiger partial charge on any atom is 0.326 e. The summed E-state index contributed by atoms with van der Waals surface area (Å²) in [5, 5.41) is 0.845. The predicted molar refractivity (Wildman–Crippen MR) is 85.6 cm³/mol. The molecule has 0 atom stereocenters. The zero-order valence-corrected chi connectivity index (χ0v) is 13.2. The lowest BCUT2D eigenvalue weighted by Gasteiger charge is -2.15. The number of hydrogen-bond donors (Lipinski definition) is 0. The van der Waals surface area contributed by atoms with Gasteiger partial charge in [0, 0.05) is 17.8 Å². The van der Waals surface area contributed by atoms with Crippen LogP contribution < -0.4 is 0 Å². The minimum atomic E-state index is -1.23. The van der Waals surface area contributed by atoms with Crippen LogP contribution in [0.4, 0.5) is 0 Å². The van der Waals surface area contributed by atoms with Gasteiger partial charge >= 0.3 is 11.9 Å². The van der Waals surface area contributed by atoms with Crippen LogP contribution in [0.25, 0.3) is 16.9 Å². The summed E-state index contributed by atoms with van der Waals surface area (Å²) >= 11 is 0. The number of carbonyl (C=O) groups is 2. The lowest BCUT2D eigenvalue weighted by Crippen LogP contribution is -2.26. The number of para-hydroxylation sites is 1. The Morgan fingerprint density at radius 1 is 1.00 bits per heavy atom. The molecule has 0 fully saturated rings. The summed E-state index contributed by atoms with van der Waals surface area (Å²) in [7, 11) is 2.45. The average Bonchev–Trinajstić information content (AvgIpc) is 3.01. The number of aromatic nitrogens is 3. The average molecular weight is 325 g/mol. The van der Waals surface area contributed by atoms with E-state index in [1.54, 1.807) is 29.1 Å². The van der Waals surface area contributed by atoms with Gasteiger partial charge in [-0.05, 0) is 18.2 Å². The van der Waals surface area contributed by atoms with E-state index in [0.29, 0.717) is 11.6 Å². The molecule has 2 heterocycles. The van der Waals surface area contributed by atoms with Gasteiger partial charge in [0.05, 0.1) is 25.4 Å². The fraction of sp³-hybridized carbons (Fsp3) is 0.176. The van der Waals surface area contributed by atoms with Gasteiger partial charge in [-0.25, -0.2) is 9.97 Å². The van der Waals surface area contributed by atoms with Crippen molar-refractivity contribution in [3.8, 4) is 5.95 Å². The molecule has 1 aromatic carbocycles. The van der Waals surface area contributed by atoms with E-state index in [4.69, 9.17) is 9.47 Å².